The highest BCUT2D eigenvalue weighted by molar-refractivity contribution is 5.99. The van der Waals surface area contributed by atoms with E-state index in [-0.39, 0.29) is 18.1 Å². The first-order valence-corrected chi connectivity index (χ1v) is 9.31. The number of aliphatic hydroxyl groups excluding tert-OH is 1. The number of hydrogen-bond donors (Lipinski definition) is 1. The predicted octanol–water partition coefficient (Wildman–Crippen LogP) is 3.51. The zero-order valence-corrected chi connectivity index (χ0v) is 15.1. The molecule has 0 radical (unpaired) electrons. The number of nitrogens with zero attached hydrogens (tertiary/aromatic N) is 1. The molecular weight excluding hydrogens is 345 g/mol. The number of aliphatic hydroxyl groups is 1. The van der Waals surface area contributed by atoms with Crippen molar-refractivity contribution < 1.29 is 19.1 Å². The van der Waals surface area contributed by atoms with Crippen LogP contribution in [-0.2, 0) is 0 Å². The lowest BCUT2D eigenvalue weighted by atomic mass is 9.88. The van der Waals surface area contributed by atoms with Gasteiger partial charge in [-0.1, -0.05) is 60.7 Å². The van der Waals surface area contributed by atoms with Gasteiger partial charge in [0.05, 0.1) is 0 Å². The first-order valence-electron chi connectivity index (χ1n) is 9.31. The number of piperidine rings is 1. The molecule has 0 amide bonds. The van der Waals surface area contributed by atoms with E-state index in [4.69, 9.17) is 0 Å². The summed E-state index contributed by atoms with van der Waals surface area (Å²) in [5, 5.41) is 10.1. The van der Waals surface area contributed by atoms with Gasteiger partial charge in [0.2, 0.25) is 0 Å². The fourth-order valence-electron chi connectivity index (χ4n) is 3.52. The molecule has 2 unspecified atom stereocenters. The minimum atomic E-state index is -1.40. The molecule has 0 saturated carbocycles. The molecule has 142 valence electrons. The fourth-order valence-corrected chi connectivity index (χ4v) is 3.52. The highest BCUT2D eigenvalue weighted by Gasteiger charge is 2.31. The summed E-state index contributed by atoms with van der Waals surface area (Å²) in [6.07, 6.45) is -1.87. The van der Waals surface area contributed by atoms with Crippen LogP contribution in [0.15, 0.2) is 60.7 Å². The van der Waals surface area contributed by atoms with Crippen LogP contribution < -0.4 is 0 Å². The minimum Gasteiger partial charge on any atom is -0.385 e. The van der Waals surface area contributed by atoms with Crippen LogP contribution in [0.2, 0.25) is 0 Å². The molecule has 0 aliphatic carbocycles. The standard InChI is InChI=1S/C22H24FNO3/c23-20(15-19(25)22(27)17-9-5-2-6-10-17)24-13-11-18(12-14-24)21(26)16-7-3-1-4-8-16/h1-10,18-20,25H,11-15H2. The third-order valence-corrected chi connectivity index (χ3v) is 5.13. The average molecular weight is 369 g/mol. The maximum Gasteiger partial charge on any atom is 0.191 e. The minimum absolute atomic E-state index is 0.102. The van der Waals surface area contributed by atoms with Gasteiger partial charge in [0.25, 0.3) is 0 Å². The van der Waals surface area contributed by atoms with Gasteiger partial charge < -0.3 is 5.11 Å². The second kappa shape index (κ2) is 9.02. The molecule has 1 aliphatic rings. The highest BCUT2D eigenvalue weighted by Crippen LogP contribution is 2.25. The maximum atomic E-state index is 14.6. The Labute approximate surface area is 158 Å². The number of rotatable bonds is 7. The Morgan fingerprint density at radius 2 is 1.48 bits per heavy atom. The number of Topliss-reactive ketones (excluding diaryl/α,β-unsaturated/α-hetero) is 2. The lowest BCUT2D eigenvalue weighted by Crippen LogP contribution is -2.43. The molecule has 1 fully saturated rings. The number of alkyl halides is 1. The Balaban J connectivity index is 1.50. The molecule has 3 rings (SSSR count). The van der Waals surface area contributed by atoms with E-state index in [0.29, 0.717) is 37.1 Å². The van der Waals surface area contributed by atoms with Crippen LogP contribution >= 0.6 is 0 Å². The van der Waals surface area contributed by atoms with Crippen molar-refractivity contribution in [2.75, 3.05) is 13.1 Å². The van der Waals surface area contributed by atoms with Gasteiger partial charge in [0.15, 0.2) is 17.9 Å². The van der Waals surface area contributed by atoms with Crippen LogP contribution in [0, 0.1) is 5.92 Å². The molecule has 5 heteroatoms. The molecule has 4 nitrogen and oxygen atoms in total. The lowest BCUT2D eigenvalue weighted by molar-refractivity contribution is 0.0117. The summed E-state index contributed by atoms with van der Waals surface area (Å²) in [6.45, 7) is 0.882. The van der Waals surface area contributed by atoms with E-state index in [1.54, 1.807) is 47.4 Å². The lowest BCUT2D eigenvalue weighted by Gasteiger charge is -2.34. The topological polar surface area (TPSA) is 57.6 Å². The number of likely N-dealkylation sites (tertiary alicyclic amines) is 1. The van der Waals surface area contributed by atoms with Crippen molar-refractivity contribution in [1.82, 2.24) is 4.90 Å². The summed E-state index contributed by atoms with van der Waals surface area (Å²) in [7, 11) is 0. The maximum absolute atomic E-state index is 14.6. The molecule has 0 bridgehead atoms. The Bertz CT molecular complexity index is 758. The Morgan fingerprint density at radius 1 is 0.963 bits per heavy atom. The Morgan fingerprint density at radius 3 is 2.04 bits per heavy atom. The van der Waals surface area contributed by atoms with Crippen molar-refractivity contribution in [3.63, 3.8) is 0 Å². The summed E-state index contributed by atoms with van der Waals surface area (Å²) in [6, 6.07) is 17.6. The highest BCUT2D eigenvalue weighted by atomic mass is 19.1. The fraction of sp³-hybridized carbons (Fsp3) is 0.364. The van der Waals surface area contributed by atoms with Crippen LogP contribution in [-0.4, -0.2) is 47.1 Å². The van der Waals surface area contributed by atoms with Crippen molar-refractivity contribution in [2.45, 2.75) is 31.7 Å². The molecule has 0 aromatic heterocycles. The zero-order valence-electron chi connectivity index (χ0n) is 15.1. The molecule has 1 aliphatic heterocycles. The molecule has 2 aromatic carbocycles. The number of benzene rings is 2. The van der Waals surface area contributed by atoms with E-state index in [1.807, 2.05) is 18.2 Å². The van der Waals surface area contributed by atoms with Crippen LogP contribution in [0.25, 0.3) is 0 Å². The molecule has 27 heavy (non-hydrogen) atoms. The zero-order chi connectivity index (χ0) is 19.2. The summed E-state index contributed by atoms with van der Waals surface area (Å²) in [5.41, 5.74) is 1.07. The first kappa shape index (κ1) is 19.4. The number of carbonyl (C=O) groups excluding carboxylic acids is 2. The molecular formula is C22H24FNO3. The van der Waals surface area contributed by atoms with E-state index in [9.17, 15) is 19.1 Å². The predicted molar refractivity (Wildman–Crippen MR) is 101 cm³/mol. The third-order valence-electron chi connectivity index (χ3n) is 5.13. The van der Waals surface area contributed by atoms with Gasteiger partial charge in [-0.3, -0.25) is 14.5 Å². The average Bonchev–Trinajstić information content (AvgIpc) is 2.74. The van der Waals surface area contributed by atoms with Crippen molar-refractivity contribution in [1.29, 1.82) is 0 Å². The SMILES string of the molecule is O=C(c1ccccc1)C(O)CC(F)N1CCC(C(=O)c2ccccc2)CC1. The number of hydrogen-bond acceptors (Lipinski definition) is 4. The monoisotopic (exact) mass is 369 g/mol. The van der Waals surface area contributed by atoms with Gasteiger partial charge in [-0.25, -0.2) is 4.39 Å². The molecule has 2 aromatic rings. The Hall–Kier alpha value is -2.37. The normalized spacial score (nSPS) is 18.0. The largest absolute Gasteiger partial charge is 0.385 e. The van der Waals surface area contributed by atoms with Gasteiger partial charge in [0.1, 0.15) is 6.10 Å². The third kappa shape index (κ3) is 4.87. The van der Waals surface area contributed by atoms with Crippen molar-refractivity contribution in [2.24, 2.45) is 5.92 Å². The number of ketones is 2. The number of halogens is 1. The van der Waals surface area contributed by atoms with Crippen LogP contribution in [0.5, 0.6) is 0 Å². The van der Waals surface area contributed by atoms with Crippen LogP contribution in [0.1, 0.15) is 40.0 Å². The van der Waals surface area contributed by atoms with E-state index in [2.05, 4.69) is 0 Å². The van der Waals surface area contributed by atoms with Crippen molar-refractivity contribution in [3.8, 4) is 0 Å². The molecule has 2 atom stereocenters. The summed E-state index contributed by atoms with van der Waals surface area (Å²) in [4.78, 5) is 26.3. The van der Waals surface area contributed by atoms with Crippen molar-refractivity contribution in [3.05, 3.63) is 71.8 Å². The second-order valence-electron chi connectivity index (χ2n) is 6.96. The van der Waals surface area contributed by atoms with Gasteiger partial charge in [0, 0.05) is 36.6 Å². The van der Waals surface area contributed by atoms with Crippen LogP contribution in [0.3, 0.4) is 0 Å². The Kier molecular flexibility index (Phi) is 6.48. The molecule has 1 N–H and O–H groups in total. The van der Waals surface area contributed by atoms with E-state index < -0.39 is 18.2 Å². The molecule has 0 spiro atoms. The number of carbonyl (C=O) groups is 2. The second-order valence-corrected chi connectivity index (χ2v) is 6.96. The van der Waals surface area contributed by atoms with Crippen molar-refractivity contribution >= 4 is 11.6 Å². The quantitative estimate of drug-likeness (QED) is 0.599. The smallest absolute Gasteiger partial charge is 0.191 e. The molecule has 1 heterocycles. The van der Waals surface area contributed by atoms with Gasteiger partial charge in [-0.15, -0.1) is 0 Å². The van der Waals surface area contributed by atoms with E-state index >= 15 is 0 Å². The van der Waals surface area contributed by atoms with E-state index in [0.717, 1.165) is 0 Å². The molecule has 1 saturated heterocycles. The van der Waals surface area contributed by atoms with E-state index in [1.165, 1.54) is 0 Å². The van der Waals surface area contributed by atoms with Gasteiger partial charge in [-0.05, 0) is 12.8 Å². The summed E-state index contributed by atoms with van der Waals surface area (Å²) in [5.74, 6) is -0.468. The van der Waals surface area contributed by atoms with Gasteiger partial charge in [-0.2, -0.15) is 0 Å². The van der Waals surface area contributed by atoms with Crippen LogP contribution in [0.4, 0.5) is 4.39 Å². The summed E-state index contributed by atoms with van der Waals surface area (Å²) < 4.78 is 14.6. The first-order chi connectivity index (χ1) is 13.1. The summed E-state index contributed by atoms with van der Waals surface area (Å²) >= 11 is 0. The van der Waals surface area contributed by atoms with Gasteiger partial charge >= 0.3 is 0 Å².